The maximum Gasteiger partial charge on any atom is 0.0570 e. The van der Waals surface area contributed by atoms with E-state index in [1.165, 1.54) is 44.9 Å². The van der Waals surface area contributed by atoms with E-state index in [-0.39, 0.29) is 0 Å². The maximum absolute atomic E-state index is 4.36. The highest BCUT2D eigenvalue weighted by Gasteiger charge is 2.03. The Labute approximate surface area is 112 Å². The molecule has 2 heteroatoms. The summed E-state index contributed by atoms with van der Waals surface area (Å²) in [4.78, 5) is 4.36. The molecule has 0 aliphatic carbocycles. The van der Waals surface area contributed by atoms with Crippen LogP contribution in [-0.2, 0) is 0 Å². The molecule has 0 aromatic carbocycles. The third-order valence-corrected chi connectivity index (χ3v) is 3.36. The summed E-state index contributed by atoms with van der Waals surface area (Å²) in [7, 11) is 0. The lowest BCUT2D eigenvalue weighted by Crippen LogP contribution is -2.20. The Hall–Kier alpha value is -0.890. The molecule has 0 unspecified atom stereocenters. The standard InChI is InChI=1S/C16H28N2/c1-3-4-5-6-7-8-10-13-17-15(2)16-12-9-11-14-18-16/h9,11-12,14-15,17H,3-8,10,13H2,1-2H3/t15-/m1/s1. The number of hydrogen-bond donors (Lipinski definition) is 1. The topological polar surface area (TPSA) is 24.9 Å². The van der Waals surface area contributed by atoms with Crippen molar-refractivity contribution in [3.8, 4) is 0 Å². The van der Waals surface area contributed by atoms with E-state index in [1.807, 2.05) is 18.3 Å². The average molecular weight is 248 g/mol. The van der Waals surface area contributed by atoms with E-state index in [9.17, 15) is 0 Å². The molecule has 1 heterocycles. The van der Waals surface area contributed by atoms with Crippen molar-refractivity contribution in [2.45, 2.75) is 64.8 Å². The summed E-state index contributed by atoms with van der Waals surface area (Å²) in [5, 5.41) is 3.54. The van der Waals surface area contributed by atoms with Gasteiger partial charge < -0.3 is 5.32 Å². The molecule has 18 heavy (non-hydrogen) atoms. The molecule has 1 rings (SSSR count). The van der Waals surface area contributed by atoms with Gasteiger partial charge in [-0.15, -0.1) is 0 Å². The van der Waals surface area contributed by atoms with Crippen molar-refractivity contribution in [3.63, 3.8) is 0 Å². The molecule has 1 atom stereocenters. The van der Waals surface area contributed by atoms with Gasteiger partial charge in [-0.2, -0.15) is 0 Å². The van der Waals surface area contributed by atoms with Gasteiger partial charge in [0.1, 0.15) is 0 Å². The second kappa shape index (κ2) is 10.1. The number of nitrogens with zero attached hydrogens (tertiary/aromatic N) is 1. The van der Waals surface area contributed by atoms with Gasteiger partial charge in [-0.25, -0.2) is 0 Å². The first-order valence-corrected chi connectivity index (χ1v) is 7.49. The van der Waals surface area contributed by atoms with Crippen molar-refractivity contribution in [2.24, 2.45) is 0 Å². The molecule has 0 aliphatic heterocycles. The highest BCUT2D eigenvalue weighted by Crippen LogP contribution is 2.09. The summed E-state index contributed by atoms with van der Waals surface area (Å²) in [6.07, 6.45) is 11.4. The highest BCUT2D eigenvalue weighted by molar-refractivity contribution is 5.07. The van der Waals surface area contributed by atoms with Crippen LogP contribution in [0.5, 0.6) is 0 Å². The minimum absolute atomic E-state index is 0.367. The van der Waals surface area contributed by atoms with E-state index in [1.54, 1.807) is 0 Å². The molecule has 0 bridgehead atoms. The number of hydrogen-bond acceptors (Lipinski definition) is 2. The van der Waals surface area contributed by atoms with Crippen LogP contribution >= 0.6 is 0 Å². The summed E-state index contributed by atoms with van der Waals surface area (Å²) in [5.74, 6) is 0. The highest BCUT2D eigenvalue weighted by atomic mass is 14.9. The van der Waals surface area contributed by atoms with Crippen LogP contribution in [0.3, 0.4) is 0 Å². The largest absolute Gasteiger partial charge is 0.309 e. The summed E-state index contributed by atoms with van der Waals surface area (Å²) < 4.78 is 0. The smallest absolute Gasteiger partial charge is 0.0570 e. The van der Waals surface area contributed by atoms with E-state index in [4.69, 9.17) is 0 Å². The van der Waals surface area contributed by atoms with Crippen molar-refractivity contribution in [3.05, 3.63) is 30.1 Å². The Morgan fingerprint density at radius 2 is 1.78 bits per heavy atom. The van der Waals surface area contributed by atoms with Gasteiger partial charge in [0.15, 0.2) is 0 Å². The van der Waals surface area contributed by atoms with Crippen LogP contribution in [0.1, 0.15) is 70.5 Å². The molecule has 0 spiro atoms. The van der Waals surface area contributed by atoms with Gasteiger partial charge >= 0.3 is 0 Å². The van der Waals surface area contributed by atoms with Gasteiger partial charge in [0, 0.05) is 12.2 Å². The molecule has 0 saturated heterocycles. The summed E-state index contributed by atoms with van der Waals surface area (Å²) in [5.41, 5.74) is 1.14. The van der Waals surface area contributed by atoms with E-state index >= 15 is 0 Å². The number of aromatic nitrogens is 1. The molecule has 1 aromatic heterocycles. The zero-order valence-corrected chi connectivity index (χ0v) is 12.0. The van der Waals surface area contributed by atoms with E-state index in [0.29, 0.717) is 6.04 Å². The Balaban J connectivity index is 1.98. The lowest BCUT2D eigenvalue weighted by atomic mass is 10.1. The lowest BCUT2D eigenvalue weighted by Gasteiger charge is -2.12. The Morgan fingerprint density at radius 3 is 2.44 bits per heavy atom. The Bertz CT molecular complexity index is 284. The quantitative estimate of drug-likeness (QED) is 0.617. The second-order valence-electron chi connectivity index (χ2n) is 5.05. The zero-order valence-electron chi connectivity index (χ0n) is 12.0. The fourth-order valence-corrected chi connectivity index (χ4v) is 2.14. The molecule has 1 aromatic rings. The Kier molecular flexibility index (Phi) is 8.49. The SMILES string of the molecule is CCCCCCCCCN[C@H](C)c1ccccn1. The first-order valence-electron chi connectivity index (χ1n) is 7.49. The van der Waals surface area contributed by atoms with Gasteiger partial charge in [-0.1, -0.05) is 51.5 Å². The first kappa shape index (κ1) is 15.2. The molecule has 102 valence electrons. The molecular weight excluding hydrogens is 220 g/mol. The fourth-order valence-electron chi connectivity index (χ4n) is 2.14. The van der Waals surface area contributed by atoms with Gasteiger partial charge in [0.25, 0.3) is 0 Å². The fraction of sp³-hybridized carbons (Fsp3) is 0.688. The van der Waals surface area contributed by atoms with Crippen LogP contribution in [0.4, 0.5) is 0 Å². The molecule has 0 saturated carbocycles. The first-order chi connectivity index (χ1) is 8.84. The maximum atomic E-state index is 4.36. The van der Waals surface area contributed by atoms with Crippen molar-refractivity contribution in [2.75, 3.05) is 6.54 Å². The molecule has 0 amide bonds. The van der Waals surface area contributed by atoms with E-state index in [2.05, 4.69) is 30.2 Å². The van der Waals surface area contributed by atoms with E-state index < -0.39 is 0 Å². The molecule has 0 radical (unpaired) electrons. The van der Waals surface area contributed by atoms with Crippen LogP contribution in [0, 0.1) is 0 Å². The normalized spacial score (nSPS) is 12.6. The predicted octanol–water partition coefficient (Wildman–Crippen LogP) is 4.48. The summed E-state index contributed by atoms with van der Waals surface area (Å²) in [6.45, 7) is 5.55. The average Bonchev–Trinajstić information content (AvgIpc) is 2.42. The molecular formula is C16H28N2. The van der Waals surface area contributed by atoms with Crippen LogP contribution in [-0.4, -0.2) is 11.5 Å². The van der Waals surface area contributed by atoms with Crippen molar-refractivity contribution in [1.82, 2.24) is 10.3 Å². The predicted molar refractivity (Wildman–Crippen MR) is 78.6 cm³/mol. The van der Waals surface area contributed by atoms with Crippen LogP contribution < -0.4 is 5.32 Å². The number of pyridine rings is 1. The van der Waals surface area contributed by atoms with Gasteiger partial charge in [0.2, 0.25) is 0 Å². The van der Waals surface area contributed by atoms with Crippen molar-refractivity contribution in [1.29, 1.82) is 0 Å². The third-order valence-electron chi connectivity index (χ3n) is 3.36. The minimum Gasteiger partial charge on any atom is -0.309 e. The zero-order chi connectivity index (χ0) is 13.1. The third kappa shape index (κ3) is 6.75. The lowest BCUT2D eigenvalue weighted by molar-refractivity contribution is 0.517. The number of nitrogens with one attached hydrogen (secondary N) is 1. The molecule has 2 nitrogen and oxygen atoms in total. The summed E-state index contributed by atoms with van der Waals surface area (Å²) >= 11 is 0. The number of unbranched alkanes of at least 4 members (excludes halogenated alkanes) is 6. The monoisotopic (exact) mass is 248 g/mol. The van der Waals surface area contributed by atoms with Gasteiger partial charge in [-0.3, -0.25) is 4.98 Å². The van der Waals surface area contributed by atoms with Crippen LogP contribution in [0.2, 0.25) is 0 Å². The van der Waals surface area contributed by atoms with Crippen molar-refractivity contribution >= 4 is 0 Å². The number of rotatable bonds is 10. The van der Waals surface area contributed by atoms with Gasteiger partial charge in [0.05, 0.1) is 5.69 Å². The molecule has 0 aliphatic rings. The second-order valence-corrected chi connectivity index (χ2v) is 5.05. The molecule has 1 N–H and O–H groups in total. The van der Waals surface area contributed by atoms with E-state index in [0.717, 1.165) is 12.2 Å². The van der Waals surface area contributed by atoms with Crippen LogP contribution in [0.25, 0.3) is 0 Å². The van der Waals surface area contributed by atoms with Gasteiger partial charge in [-0.05, 0) is 32.0 Å². The van der Waals surface area contributed by atoms with Crippen molar-refractivity contribution < 1.29 is 0 Å². The minimum atomic E-state index is 0.367. The summed E-state index contributed by atoms with van der Waals surface area (Å²) in [6, 6.07) is 6.47. The Morgan fingerprint density at radius 1 is 1.06 bits per heavy atom. The molecule has 0 fully saturated rings. The van der Waals surface area contributed by atoms with Crippen LogP contribution in [0.15, 0.2) is 24.4 Å².